The molecule has 8 nitrogen and oxygen atoms in total. The van der Waals surface area contributed by atoms with Crippen molar-refractivity contribution in [3.05, 3.63) is 67.5 Å². The third-order valence-corrected chi connectivity index (χ3v) is 4.72. The van der Waals surface area contributed by atoms with Crippen LogP contribution >= 0.6 is 22.6 Å². The largest absolute Gasteiger partial charge is 0.493 e. The molecule has 0 amide bonds. The second kappa shape index (κ2) is 9.20. The van der Waals surface area contributed by atoms with Gasteiger partial charge in [-0.05, 0) is 40.3 Å². The van der Waals surface area contributed by atoms with Crippen molar-refractivity contribution in [2.24, 2.45) is 5.10 Å². The van der Waals surface area contributed by atoms with Gasteiger partial charge in [0.25, 0.3) is 5.56 Å². The van der Waals surface area contributed by atoms with E-state index in [1.54, 1.807) is 38.6 Å². The molecule has 0 aliphatic heterocycles. The average Bonchev–Trinajstić information content (AvgIpc) is 2.73. The standard InChI is InChI=1S/C20H16IN5O3/c1-28-16-9-12(8-15(21)18(16)29-2)11-23-26-20-24-17(13-6-4-3-5-7-13)14(10-22)19(27)25-20/h3-9,11H,1-2H3,(H2,24,25,26,27). The summed E-state index contributed by atoms with van der Waals surface area (Å²) in [5.41, 5.74) is 3.82. The second-order valence-electron chi connectivity index (χ2n) is 5.72. The van der Waals surface area contributed by atoms with Crippen LogP contribution in [-0.2, 0) is 0 Å². The number of anilines is 1. The monoisotopic (exact) mass is 501 g/mol. The number of H-pyrrole nitrogens is 1. The minimum absolute atomic E-state index is 0.0554. The number of nitrogens with zero attached hydrogens (tertiary/aromatic N) is 3. The number of rotatable bonds is 6. The summed E-state index contributed by atoms with van der Waals surface area (Å²) >= 11 is 2.14. The first-order valence-electron chi connectivity index (χ1n) is 8.37. The van der Waals surface area contributed by atoms with Crippen LogP contribution in [0.25, 0.3) is 11.3 Å². The molecule has 0 fully saturated rings. The predicted octanol–water partition coefficient (Wildman–Crippen LogP) is 3.38. The Bertz CT molecular complexity index is 1150. The first-order valence-corrected chi connectivity index (χ1v) is 9.45. The topological polar surface area (TPSA) is 112 Å². The smallest absolute Gasteiger partial charge is 0.270 e. The number of aromatic amines is 1. The fourth-order valence-corrected chi connectivity index (χ4v) is 3.46. The van der Waals surface area contributed by atoms with E-state index < -0.39 is 5.56 Å². The number of aromatic nitrogens is 2. The van der Waals surface area contributed by atoms with Gasteiger partial charge in [0.15, 0.2) is 11.5 Å². The fraction of sp³-hybridized carbons (Fsp3) is 0.100. The zero-order valence-electron chi connectivity index (χ0n) is 15.6. The second-order valence-corrected chi connectivity index (χ2v) is 6.89. The SMILES string of the molecule is COc1cc(C=NNc2nc(-c3ccccc3)c(C#N)c(=O)[nH]2)cc(I)c1OC. The maximum atomic E-state index is 12.3. The summed E-state index contributed by atoms with van der Waals surface area (Å²) in [6.45, 7) is 0. The number of halogens is 1. The zero-order chi connectivity index (χ0) is 20.8. The van der Waals surface area contributed by atoms with E-state index in [4.69, 9.17) is 9.47 Å². The Morgan fingerprint density at radius 2 is 2.00 bits per heavy atom. The maximum Gasteiger partial charge on any atom is 0.270 e. The van der Waals surface area contributed by atoms with Crippen molar-refractivity contribution in [3.8, 4) is 28.8 Å². The molecule has 3 aromatic rings. The Labute approximate surface area is 180 Å². The van der Waals surface area contributed by atoms with Crippen LogP contribution in [-0.4, -0.2) is 30.4 Å². The summed E-state index contributed by atoms with van der Waals surface area (Å²) in [4.78, 5) is 19.1. The molecule has 1 aromatic heterocycles. The van der Waals surface area contributed by atoms with Gasteiger partial charge in [-0.3, -0.25) is 9.78 Å². The van der Waals surface area contributed by atoms with Gasteiger partial charge in [0.1, 0.15) is 11.6 Å². The number of nitrogens with one attached hydrogen (secondary N) is 2. The molecule has 0 saturated heterocycles. The molecule has 9 heteroatoms. The van der Waals surface area contributed by atoms with Crippen molar-refractivity contribution in [1.29, 1.82) is 5.26 Å². The molecular weight excluding hydrogens is 485 g/mol. The lowest BCUT2D eigenvalue weighted by Gasteiger charge is -2.10. The lowest BCUT2D eigenvalue weighted by Crippen LogP contribution is -2.16. The normalized spacial score (nSPS) is 10.6. The molecule has 0 spiro atoms. The number of methoxy groups -OCH3 is 2. The average molecular weight is 501 g/mol. The van der Waals surface area contributed by atoms with Crippen LogP contribution < -0.4 is 20.5 Å². The molecule has 0 atom stereocenters. The van der Waals surface area contributed by atoms with E-state index in [0.29, 0.717) is 17.1 Å². The Kier molecular flexibility index (Phi) is 6.46. The van der Waals surface area contributed by atoms with Crippen molar-refractivity contribution in [1.82, 2.24) is 9.97 Å². The van der Waals surface area contributed by atoms with E-state index in [-0.39, 0.29) is 17.2 Å². The molecule has 1 heterocycles. The molecule has 29 heavy (non-hydrogen) atoms. The minimum atomic E-state index is -0.542. The molecule has 2 aromatic carbocycles. The zero-order valence-corrected chi connectivity index (χ0v) is 17.7. The van der Waals surface area contributed by atoms with Gasteiger partial charge >= 0.3 is 0 Å². The van der Waals surface area contributed by atoms with Crippen molar-refractivity contribution >= 4 is 34.8 Å². The van der Waals surface area contributed by atoms with Crippen molar-refractivity contribution < 1.29 is 9.47 Å². The number of ether oxygens (including phenoxy) is 2. The van der Waals surface area contributed by atoms with Gasteiger partial charge in [0, 0.05) is 5.56 Å². The van der Waals surface area contributed by atoms with Crippen LogP contribution in [0.5, 0.6) is 11.5 Å². The summed E-state index contributed by atoms with van der Waals surface area (Å²) in [6, 6.07) is 14.6. The molecule has 0 radical (unpaired) electrons. The molecular formula is C20H16IN5O3. The minimum Gasteiger partial charge on any atom is -0.493 e. The van der Waals surface area contributed by atoms with Crippen molar-refractivity contribution in [3.63, 3.8) is 0 Å². The highest BCUT2D eigenvalue weighted by molar-refractivity contribution is 14.1. The van der Waals surface area contributed by atoms with Gasteiger partial charge in [0.2, 0.25) is 5.95 Å². The number of benzene rings is 2. The lowest BCUT2D eigenvalue weighted by atomic mass is 10.1. The van der Waals surface area contributed by atoms with Crippen LogP contribution in [0.3, 0.4) is 0 Å². The first kappa shape index (κ1) is 20.3. The highest BCUT2D eigenvalue weighted by Crippen LogP contribution is 2.33. The Morgan fingerprint density at radius 1 is 1.24 bits per heavy atom. The quantitative estimate of drug-likeness (QED) is 0.304. The maximum absolute atomic E-state index is 12.3. The van der Waals surface area contributed by atoms with Crippen LogP contribution in [0.1, 0.15) is 11.1 Å². The summed E-state index contributed by atoms with van der Waals surface area (Å²) < 4.78 is 11.5. The number of hydrogen-bond donors (Lipinski definition) is 2. The summed E-state index contributed by atoms with van der Waals surface area (Å²) in [6.07, 6.45) is 1.56. The summed E-state index contributed by atoms with van der Waals surface area (Å²) in [7, 11) is 3.14. The van der Waals surface area contributed by atoms with Gasteiger partial charge in [-0.2, -0.15) is 10.4 Å². The first-order chi connectivity index (χ1) is 14.1. The molecule has 0 aliphatic rings. The molecule has 0 bridgehead atoms. The molecule has 0 saturated carbocycles. The lowest BCUT2D eigenvalue weighted by molar-refractivity contribution is 0.353. The summed E-state index contributed by atoms with van der Waals surface area (Å²) in [5, 5.41) is 13.4. The number of hydrazone groups is 1. The summed E-state index contributed by atoms with van der Waals surface area (Å²) in [5.74, 6) is 1.35. The fourth-order valence-electron chi connectivity index (χ4n) is 2.62. The third-order valence-electron chi connectivity index (χ3n) is 3.92. The number of nitriles is 1. The Morgan fingerprint density at radius 3 is 2.66 bits per heavy atom. The third kappa shape index (κ3) is 4.55. The molecule has 0 aliphatic carbocycles. The Balaban J connectivity index is 1.90. The van der Waals surface area contributed by atoms with Crippen LogP contribution in [0.15, 0.2) is 52.4 Å². The van der Waals surface area contributed by atoms with Crippen LogP contribution in [0, 0.1) is 14.9 Å². The van der Waals surface area contributed by atoms with Gasteiger partial charge in [-0.15, -0.1) is 0 Å². The van der Waals surface area contributed by atoms with Crippen molar-refractivity contribution in [2.45, 2.75) is 0 Å². The van der Waals surface area contributed by atoms with E-state index in [1.165, 1.54) is 0 Å². The van der Waals surface area contributed by atoms with Crippen molar-refractivity contribution in [2.75, 3.05) is 19.6 Å². The van der Waals surface area contributed by atoms with E-state index >= 15 is 0 Å². The van der Waals surface area contributed by atoms with E-state index in [2.05, 4.69) is 43.1 Å². The number of hydrogen-bond acceptors (Lipinski definition) is 7. The van der Waals surface area contributed by atoms with Gasteiger partial charge < -0.3 is 9.47 Å². The van der Waals surface area contributed by atoms with Gasteiger partial charge in [-0.25, -0.2) is 10.4 Å². The molecule has 0 unspecified atom stereocenters. The Hall–Kier alpha value is -3.39. The molecule has 3 rings (SSSR count). The van der Waals surface area contributed by atoms with Gasteiger partial charge in [0.05, 0.1) is 29.7 Å². The van der Waals surface area contributed by atoms with Crippen LogP contribution in [0.2, 0.25) is 0 Å². The highest BCUT2D eigenvalue weighted by Gasteiger charge is 2.13. The van der Waals surface area contributed by atoms with Gasteiger partial charge in [-0.1, -0.05) is 30.3 Å². The molecule has 2 N–H and O–H groups in total. The van der Waals surface area contributed by atoms with Crippen LogP contribution in [0.4, 0.5) is 5.95 Å². The van der Waals surface area contributed by atoms with E-state index in [9.17, 15) is 10.1 Å². The highest BCUT2D eigenvalue weighted by atomic mass is 127. The molecule has 146 valence electrons. The predicted molar refractivity (Wildman–Crippen MR) is 118 cm³/mol. The van der Waals surface area contributed by atoms with E-state index in [1.807, 2.05) is 30.3 Å². The van der Waals surface area contributed by atoms with E-state index in [0.717, 1.165) is 9.13 Å².